The molecule has 0 spiro atoms. The van der Waals surface area contributed by atoms with Crippen molar-refractivity contribution in [2.24, 2.45) is 5.73 Å². The lowest BCUT2D eigenvalue weighted by Gasteiger charge is -2.21. The first-order valence-electron chi connectivity index (χ1n) is 6.96. The van der Waals surface area contributed by atoms with Crippen molar-refractivity contribution in [2.75, 3.05) is 20.8 Å². The summed E-state index contributed by atoms with van der Waals surface area (Å²) in [4.78, 5) is 0.203. The highest BCUT2D eigenvalue weighted by Crippen LogP contribution is 2.37. The molecule has 0 radical (unpaired) electrons. The van der Waals surface area contributed by atoms with Crippen LogP contribution < -0.4 is 15.2 Å². The molecule has 0 aliphatic heterocycles. The molecule has 0 unspecified atom stereocenters. The number of ether oxygens (including phenoxy) is 2. The van der Waals surface area contributed by atoms with Gasteiger partial charge < -0.3 is 15.2 Å². The molecule has 118 valence electrons. The van der Waals surface area contributed by atoms with Gasteiger partial charge in [0.25, 0.3) is 0 Å². The standard InChI is InChI=1S/C14H22N2O4S/c1-4-16(11-5-6-11)21(17,18)12-7-10(9-15)14(20-3)13(8-12)19-2/h7-8,11H,4-6,9,15H2,1-3H3. The van der Waals surface area contributed by atoms with Crippen LogP contribution in [0.1, 0.15) is 25.3 Å². The molecule has 1 aromatic rings. The van der Waals surface area contributed by atoms with Crippen LogP contribution in [0, 0.1) is 0 Å². The smallest absolute Gasteiger partial charge is 0.243 e. The summed E-state index contributed by atoms with van der Waals surface area (Å²) < 4.78 is 37.6. The summed E-state index contributed by atoms with van der Waals surface area (Å²) in [6.07, 6.45) is 1.84. The summed E-state index contributed by atoms with van der Waals surface area (Å²) in [5.74, 6) is 0.860. The van der Waals surface area contributed by atoms with Gasteiger partial charge in [0, 0.05) is 30.8 Å². The zero-order valence-corrected chi connectivity index (χ0v) is 13.4. The van der Waals surface area contributed by atoms with Crippen LogP contribution in [0.2, 0.25) is 0 Å². The fraction of sp³-hybridized carbons (Fsp3) is 0.571. The average Bonchev–Trinajstić information content (AvgIpc) is 3.30. The molecule has 0 aromatic heterocycles. The molecule has 1 aromatic carbocycles. The van der Waals surface area contributed by atoms with Gasteiger partial charge in [0.15, 0.2) is 11.5 Å². The quantitative estimate of drug-likeness (QED) is 0.821. The zero-order chi connectivity index (χ0) is 15.6. The van der Waals surface area contributed by atoms with Crippen LogP contribution in [0.15, 0.2) is 17.0 Å². The number of hydrogen-bond acceptors (Lipinski definition) is 5. The van der Waals surface area contributed by atoms with Crippen LogP contribution in [0.3, 0.4) is 0 Å². The second-order valence-electron chi connectivity index (χ2n) is 4.96. The van der Waals surface area contributed by atoms with Gasteiger partial charge in [-0.3, -0.25) is 0 Å². The molecule has 1 aliphatic rings. The van der Waals surface area contributed by atoms with E-state index in [0.717, 1.165) is 12.8 Å². The Hall–Kier alpha value is -1.31. The Morgan fingerprint density at radius 2 is 1.95 bits per heavy atom. The van der Waals surface area contributed by atoms with E-state index in [-0.39, 0.29) is 17.5 Å². The number of nitrogens with two attached hydrogens (primary N) is 1. The highest BCUT2D eigenvalue weighted by Gasteiger charge is 2.37. The topological polar surface area (TPSA) is 81.9 Å². The number of sulfonamides is 1. The molecule has 2 rings (SSSR count). The number of nitrogens with zero attached hydrogens (tertiary/aromatic N) is 1. The van der Waals surface area contributed by atoms with Crippen LogP contribution in [-0.2, 0) is 16.6 Å². The van der Waals surface area contributed by atoms with E-state index in [0.29, 0.717) is 23.6 Å². The molecule has 2 N–H and O–H groups in total. The molecule has 1 fully saturated rings. The summed E-state index contributed by atoms with van der Waals surface area (Å²) in [7, 11) is -0.549. The van der Waals surface area contributed by atoms with Crippen molar-refractivity contribution >= 4 is 10.0 Å². The minimum atomic E-state index is -3.54. The Balaban J connectivity index is 2.52. The van der Waals surface area contributed by atoms with E-state index in [1.54, 1.807) is 6.07 Å². The van der Waals surface area contributed by atoms with E-state index < -0.39 is 10.0 Å². The average molecular weight is 314 g/mol. The van der Waals surface area contributed by atoms with Crippen molar-refractivity contribution in [3.8, 4) is 11.5 Å². The van der Waals surface area contributed by atoms with E-state index in [2.05, 4.69) is 0 Å². The van der Waals surface area contributed by atoms with Gasteiger partial charge in [-0.25, -0.2) is 8.42 Å². The highest BCUT2D eigenvalue weighted by molar-refractivity contribution is 7.89. The van der Waals surface area contributed by atoms with Gasteiger partial charge in [-0.05, 0) is 18.9 Å². The molecule has 0 amide bonds. The third-order valence-electron chi connectivity index (χ3n) is 3.62. The molecule has 1 saturated carbocycles. The molecule has 0 bridgehead atoms. The van der Waals surface area contributed by atoms with Crippen molar-refractivity contribution in [2.45, 2.75) is 37.2 Å². The van der Waals surface area contributed by atoms with E-state index in [4.69, 9.17) is 15.2 Å². The normalized spacial score (nSPS) is 15.3. The summed E-state index contributed by atoms with van der Waals surface area (Å²) in [6.45, 7) is 2.48. The molecule has 0 atom stereocenters. The summed E-state index contributed by atoms with van der Waals surface area (Å²) in [6, 6.07) is 3.19. The fourth-order valence-corrected chi connectivity index (χ4v) is 4.20. The Morgan fingerprint density at radius 3 is 2.38 bits per heavy atom. The van der Waals surface area contributed by atoms with E-state index in [1.165, 1.54) is 24.6 Å². The van der Waals surface area contributed by atoms with Crippen molar-refractivity contribution in [3.05, 3.63) is 17.7 Å². The van der Waals surface area contributed by atoms with Gasteiger partial charge in [-0.2, -0.15) is 4.31 Å². The van der Waals surface area contributed by atoms with E-state index in [9.17, 15) is 8.42 Å². The molecular formula is C14H22N2O4S. The zero-order valence-electron chi connectivity index (χ0n) is 12.6. The molecule has 6 nitrogen and oxygen atoms in total. The maximum atomic E-state index is 12.8. The molecule has 0 heterocycles. The Labute approximate surface area is 125 Å². The monoisotopic (exact) mass is 314 g/mol. The lowest BCUT2D eigenvalue weighted by Crippen LogP contribution is -2.33. The van der Waals surface area contributed by atoms with Gasteiger partial charge in [-0.15, -0.1) is 0 Å². The lowest BCUT2D eigenvalue weighted by molar-refractivity contribution is 0.350. The molecule has 0 saturated heterocycles. The number of methoxy groups -OCH3 is 2. The first-order chi connectivity index (χ1) is 9.99. The number of rotatable bonds is 7. The minimum absolute atomic E-state index is 0.120. The molecule has 21 heavy (non-hydrogen) atoms. The Morgan fingerprint density at radius 1 is 1.29 bits per heavy atom. The predicted octanol–water partition coefficient (Wildman–Crippen LogP) is 1.34. The number of benzene rings is 1. The third kappa shape index (κ3) is 3.00. The van der Waals surface area contributed by atoms with Gasteiger partial charge in [-0.1, -0.05) is 6.92 Å². The first-order valence-corrected chi connectivity index (χ1v) is 8.40. The van der Waals surface area contributed by atoms with Crippen LogP contribution in [-0.4, -0.2) is 39.5 Å². The lowest BCUT2D eigenvalue weighted by atomic mass is 10.2. The summed E-state index contributed by atoms with van der Waals surface area (Å²) in [5, 5.41) is 0. The minimum Gasteiger partial charge on any atom is -0.493 e. The van der Waals surface area contributed by atoms with Gasteiger partial charge in [0.1, 0.15) is 0 Å². The van der Waals surface area contributed by atoms with E-state index >= 15 is 0 Å². The largest absolute Gasteiger partial charge is 0.493 e. The van der Waals surface area contributed by atoms with Crippen molar-refractivity contribution < 1.29 is 17.9 Å². The van der Waals surface area contributed by atoms with Crippen molar-refractivity contribution in [3.63, 3.8) is 0 Å². The predicted molar refractivity (Wildman–Crippen MR) is 80.0 cm³/mol. The summed E-state index contributed by atoms with van der Waals surface area (Å²) in [5.41, 5.74) is 6.31. The second kappa shape index (κ2) is 6.21. The van der Waals surface area contributed by atoms with Crippen LogP contribution >= 0.6 is 0 Å². The van der Waals surface area contributed by atoms with Gasteiger partial charge in [0.05, 0.1) is 19.1 Å². The SMILES string of the molecule is CCN(C1CC1)S(=O)(=O)c1cc(CN)c(OC)c(OC)c1. The van der Waals surface area contributed by atoms with E-state index in [1.807, 2.05) is 6.92 Å². The van der Waals surface area contributed by atoms with Gasteiger partial charge >= 0.3 is 0 Å². The second-order valence-corrected chi connectivity index (χ2v) is 6.85. The first kappa shape index (κ1) is 16.1. The maximum absolute atomic E-state index is 12.8. The fourth-order valence-electron chi connectivity index (χ4n) is 2.44. The Bertz CT molecular complexity index is 586. The number of hydrogen-bond donors (Lipinski definition) is 1. The Kier molecular flexibility index (Phi) is 4.75. The maximum Gasteiger partial charge on any atom is 0.243 e. The molecular weight excluding hydrogens is 292 g/mol. The third-order valence-corrected chi connectivity index (χ3v) is 5.63. The van der Waals surface area contributed by atoms with Crippen molar-refractivity contribution in [1.29, 1.82) is 0 Å². The van der Waals surface area contributed by atoms with Crippen LogP contribution in [0.4, 0.5) is 0 Å². The van der Waals surface area contributed by atoms with Gasteiger partial charge in [0.2, 0.25) is 10.0 Å². The van der Waals surface area contributed by atoms with Crippen LogP contribution in [0.5, 0.6) is 11.5 Å². The highest BCUT2D eigenvalue weighted by atomic mass is 32.2. The molecule has 1 aliphatic carbocycles. The summed E-state index contributed by atoms with van der Waals surface area (Å²) >= 11 is 0. The van der Waals surface area contributed by atoms with Crippen molar-refractivity contribution in [1.82, 2.24) is 4.31 Å². The molecule has 7 heteroatoms. The van der Waals surface area contributed by atoms with Crippen LogP contribution in [0.25, 0.3) is 0 Å².